The number of methoxy groups -OCH3 is 1. The van der Waals surface area contributed by atoms with Gasteiger partial charge in [-0.1, -0.05) is 6.07 Å². The van der Waals surface area contributed by atoms with E-state index >= 15 is 0 Å². The van der Waals surface area contributed by atoms with Crippen molar-refractivity contribution in [1.29, 1.82) is 0 Å². The van der Waals surface area contributed by atoms with Crippen molar-refractivity contribution < 1.29 is 22.7 Å². The Kier molecular flexibility index (Phi) is 8.77. The number of rotatable bonds is 10. The van der Waals surface area contributed by atoms with Gasteiger partial charge in [0.1, 0.15) is 18.0 Å². The second kappa shape index (κ2) is 12.3. The third-order valence-corrected chi connectivity index (χ3v) is 6.29. The molecular weight excluding hydrogens is 537 g/mol. The van der Waals surface area contributed by atoms with Crippen molar-refractivity contribution in [2.75, 3.05) is 55.2 Å². The third kappa shape index (κ3) is 7.11. The van der Waals surface area contributed by atoms with Crippen LogP contribution in [-0.2, 0) is 10.9 Å². The minimum Gasteiger partial charge on any atom is -0.383 e. The van der Waals surface area contributed by atoms with Crippen LogP contribution in [0.5, 0.6) is 0 Å². The Morgan fingerprint density at radius 3 is 2.56 bits per heavy atom. The van der Waals surface area contributed by atoms with Crippen molar-refractivity contribution in [2.45, 2.75) is 20.0 Å². The van der Waals surface area contributed by atoms with Crippen LogP contribution in [0.15, 0.2) is 54.9 Å². The van der Waals surface area contributed by atoms with E-state index in [-0.39, 0.29) is 11.3 Å². The topological polar surface area (TPSA) is 109 Å². The molecular formula is C28H31F3N8O2. The predicted molar refractivity (Wildman–Crippen MR) is 152 cm³/mol. The Hall–Kier alpha value is -4.65. The Bertz CT molecular complexity index is 1540. The van der Waals surface area contributed by atoms with Crippen molar-refractivity contribution >= 4 is 34.6 Å². The van der Waals surface area contributed by atoms with E-state index in [1.165, 1.54) is 19.5 Å². The van der Waals surface area contributed by atoms with Crippen LogP contribution in [0, 0.1) is 13.8 Å². The normalized spacial score (nSPS) is 11.3. The van der Waals surface area contributed by atoms with Crippen LogP contribution in [0.1, 0.15) is 27.2 Å². The van der Waals surface area contributed by atoms with Gasteiger partial charge in [-0.25, -0.2) is 9.97 Å². The molecule has 1 amide bonds. The largest absolute Gasteiger partial charge is 0.416 e. The molecule has 0 fully saturated rings. The van der Waals surface area contributed by atoms with E-state index in [1.54, 1.807) is 47.9 Å². The molecule has 4 rings (SSSR count). The number of halogens is 3. The number of aromatic nitrogens is 4. The number of nitrogens with zero attached hydrogens (tertiary/aromatic N) is 5. The summed E-state index contributed by atoms with van der Waals surface area (Å²) < 4.78 is 47.6. The molecule has 2 heterocycles. The van der Waals surface area contributed by atoms with Crippen molar-refractivity contribution in [3.63, 3.8) is 0 Å². The van der Waals surface area contributed by atoms with Gasteiger partial charge in [0.15, 0.2) is 5.82 Å². The lowest BCUT2D eigenvalue weighted by Crippen LogP contribution is -2.23. The molecule has 0 saturated heterocycles. The number of carbonyl (C=O) groups is 1. The minimum atomic E-state index is -4.59. The molecule has 0 radical (unpaired) electrons. The fourth-order valence-corrected chi connectivity index (χ4v) is 4.03. The summed E-state index contributed by atoms with van der Waals surface area (Å²) in [6.07, 6.45) is -3.16. The van der Waals surface area contributed by atoms with E-state index in [0.29, 0.717) is 42.0 Å². The first-order valence-corrected chi connectivity index (χ1v) is 12.7. The maximum atomic E-state index is 13.6. The molecule has 2 aromatic heterocycles. The molecule has 41 heavy (non-hydrogen) atoms. The highest BCUT2D eigenvalue weighted by Crippen LogP contribution is 2.34. The lowest BCUT2D eigenvalue weighted by Gasteiger charge is -2.21. The maximum Gasteiger partial charge on any atom is 0.416 e. The summed E-state index contributed by atoms with van der Waals surface area (Å²) in [5.41, 5.74) is 1.91. The monoisotopic (exact) mass is 568 g/mol. The number of benzene rings is 2. The molecule has 10 nitrogen and oxygen atoms in total. The van der Waals surface area contributed by atoms with Crippen molar-refractivity contribution in [3.05, 3.63) is 77.2 Å². The van der Waals surface area contributed by atoms with E-state index in [2.05, 4.69) is 31.0 Å². The second-order valence-electron chi connectivity index (χ2n) is 9.38. The SMILES string of the molecule is CNc1cc(-n2nc(C)cc2Nc2cc(C(=O)Nc3cc(N(C)CCOC)cc(C(F)(F)F)c3)ccc2C)ncn1. The predicted octanol–water partition coefficient (Wildman–Crippen LogP) is 5.42. The highest BCUT2D eigenvalue weighted by molar-refractivity contribution is 6.05. The number of hydrogen-bond donors (Lipinski definition) is 3. The van der Waals surface area contributed by atoms with Crippen LogP contribution >= 0.6 is 0 Å². The number of carbonyl (C=O) groups excluding carboxylic acids is 1. The molecule has 4 aromatic rings. The Balaban J connectivity index is 1.61. The molecule has 216 valence electrons. The lowest BCUT2D eigenvalue weighted by molar-refractivity contribution is -0.137. The number of alkyl halides is 3. The van der Waals surface area contributed by atoms with E-state index in [9.17, 15) is 18.0 Å². The molecule has 0 aliphatic heterocycles. The highest BCUT2D eigenvalue weighted by atomic mass is 19.4. The van der Waals surface area contributed by atoms with Gasteiger partial charge >= 0.3 is 6.18 Å². The first-order chi connectivity index (χ1) is 19.5. The number of anilines is 5. The number of hydrogen-bond acceptors (Lipinski definition) is 8. The summed E-state index contributed by atoms with van der Waals surface area (Å²) in [6, 6.07) is 12.0. The molecule has 0 spiro atoms. The van der Waals surface area contributed by atoms with Gasteiger partial charge in [0.05, 0.1) is 17.9 Å². The van der Waals surface area contributed by atoms with Crippen LogP contribution < -0.4 is 20.9 Å². The second-order valence-corrected chi connectivity index (χ2v) is 9.38. The number of amides is 1. The van der Waals surface area contributed by atoms with Crippen molar-refractivity contribution in [1.82, 2.24) is 19.7 Å². The van der Waals surface area contributed by atoms with Crippen LogP contribution in [0.4, 0.5) is 41.9 Å². The van der Waals surface area contributed by atoms with Gasteiger partial charge in [-0.2, -0.15) is 23.0 Å². The molecule has 0 saturated carbocycles. The molecule has 0 aliphatic rings. The van der Waals surface area contributed by atoms with Gasteiger partial charge < -0.3 is 25.6 Å². The molecule has 2 aromatic carbocycles. The van der Waals surface area contributed by atoms with E-state index in [4.69, 9.17) is 4.74 Å². The zero-order valence-corrected chi connectivity index (χ0v) is 23.3. The zero-order chi connectivity index (χ0) is 29.7. The molecule has 0 bridgehead atoms. The molecule has 0 unspecified atom stereocenters. The van der Waals surface area contributed by atoms with Gasteiger partial charge in [0, 0.05) is 62.5 Å². The first kappa shape index (κ1) is 29.3. The quantitative estimate of drug-likeness (QED) is 0.233. The smallest absolute Gasteiger partial charge is 0.383 e. The molecule has 0 aliphatic carbocycles. The van der Waals surface area contributed by atoms with Gasteiger partial charge in [-0.05, 0) is 49.7 Å². The summed E-state index contributed by atoms with van der Waals surface area (Å²) >= 11 is 0. The van der Waals surface area contributed by atoms with Gasteiger partial charge in [0.25, 0.3) is 5.91 Å². The molecule has 3 N–H and O–H groups in total. The fraction of sp³-hybridized carbons (Fsp3) is 0.286. The summed E-state index contributed by atoms with van der Waals surface area (Å²) in [5, 5.41) is 13.4. The van der Waals surface area contributed by atoms with Crippen LogP contribution in [0.3, 0.4) is 0 Å². The Morgan fingerprint density at radius 1 is 1.07 bits per heavy atom. The van der Waals surface area contributed by atoms with E-state index in [1.807, 2.05) is 19.9 Å². The number of nitrogens with one attached hydrogen (secondary N) is 3. The van der Waals surface area contributed by atoms with Crippen LogP contribution in [0.2, 0.25) is 0 Å². The van der Waals surface area contributed by atoms with Crippen LogP contribution in [-0.4, -0.2) is 60.0 Å². The van der Waals surface area contributed by atoms with Crippen LogP contribution in [0.25, 0.3) is 5.82 Å². The zero-order valence-electron chi connectivity index (χ0n) is 23.3. The van der Waals surface area contributed by atoms with E-state index < -0.39 is 17.6 Å². The fourth-order valence-electron chi connectivity index (χ4n) is 4.03. The number of likely N-dealkylation sites (N-methyl/N-ethyl adjacent to an activating group) is 1. The summed E-state index contributed by atoms with van der Waals surface area (Å²) in [5.74, 6) is 1.19. The first-order valence-electron chi connectivity index (χ1n) is 12.7. The summed E-state index contributed by atoms with van der Waals surface area (Å²) in [6.45, 7) is 4.42. The Morgan fingerprint density at radius 2 is 1.85 bits per heavy atom. The molecule has 13 heteroatoms. The average molecular weight is 569 g/mol. The Labute approximate surface area is 235 Å². The molecule has 0 atom stereocenters. The minimum absolute atomic E-state index is 0.0250. The van der Waals surface area contributed by atoms with E-state index in [0.717, 1.165) is 23.4 Å². The average Bonchev–Trinajstić information content (AvgIpc) is 3.31. The van der Waals surface area contributed by atoms with Gasteiger partial charge in [0.2, 0.25) is 0 Å². The van der Waals surface area contributed by atoms with Gasteiger partial charge in [-0.15, -0.1) is 0 Å². The van der Waals surface area contributed by atoms with Crippen molar-refractivity contribution in [2.24, 2.45) is 0 Å². The summed E-state index contributed by atoms with van der Waals surface area (Å²) in [4.78, 5) is 23.3. The maximum absolute atomic E-state index is 13.6. The number of ether oxygens (including phenoxy) is 1. The van der Waals surface area contributed by atoms with Crippen molar-refractivity contribution in [3.8, 4) is 5.82 Å². The lowest BCUT2D eigenvalue weighted by atomic mass is 10.1. The summed E-state index contributed by atoms with van der Waals surface area (Å²) in [7, 11) is 4.92. The van der Waals surface area contributed by atoms with Gasteiger partial charge in [-0.3, -0.25) is 4.79 Å². The number of aryl methyl sites for hydroxylation is 2. The standard InChI is InChI=1S/C28H31F3N8O2/c1-17-6-7-19(11-23(17)36-26-10-18(2)37-39(26)25-15-24(32-3)33-16-34-25)27(40)35-21-12-20(28(29,30)31)13-22(14-21)38(4)8-9-41-5/h6-7,10-16,36H,8-9H2,1-5H3,(H,35,40)(H,32,33,34). The third-order valence-electron chi connectivity index (χ3n) is 6.29. The highest BCUT2D eigenvalue weighted by Gasteiger charge is 2.32.